The molecule has 0 saturated heterocycles. The molecule has 3 heterocycles. The number of amides is 1. The molecular formula is C20H19N3O3S. The Morgan fingerprint density at radius 3 is 2.85 bits per heavy atom. The van der Waals surface area contributed by atoms with Crippen LogP contribution in [0.25, 0.3) is 10.6 Å². The summed E-state index contributed by atoms with van der Waals surface area (Å²) in [4.78, 5) is 25.7. The lowest BCUT2D eigenvalue weighted by molar-refractivity contribution is -0.116. The fourth-order valence-corrected chi connectivity index (χ4v) is 3.84. The normalized spacial score (nSPS) is 13.1. The first-order chi connectivity index (χ1) is 13.1. The minimum absolute atomic E-state index is 0.0439. The van der Waals surface area contributed by atoms with Crippen molar-refractivity contribution >= 4 is 22.9 Å². The molecule has 0 aliphatic carbocycles. The first-order valence-corrected chi connectivity index (χ1v) is 9.61. The Balaban J connectivity index is 1.43. The van der Waals surface area contributed by atoms with Crippen LogP contribution in [0.1, 0.15) is 16.9 Å². The average Bonchev–Trinajstić information content (AvgIpc) is 3.09. The molecule has 4 rings (SSSR count). The summed E-state index contributed by atoms with van der Waals surface area (Å²) in [5, 5.41) is 7.30. The zero-order valence-corrected chi connectivity index (χ0v) is 15.7. The highest BCUT2D eigenvalue weighted by atomic mass is 32.1. The average molecular weight is 381 g/mol. The highest BCUT2D eigenvalue weighted by Crippen LogP contribution is 2.27. The maximum absolute atomic E-state index is 12.1. The van der Waals surface area contributed by atoms with Gasteiger partial charge in [0.2, 0.25) is 5.91 Å². The molecular weight excluding hydrogens is 362 g/mol. The molecule has 0 spiro atoms. The Morgan fingerprint density at radius 2 is 2.04 bits per heavy atom. The van der Waals surface area contributed by atoms with Gasteiger partial charge in [0.15, 0.2) is 0 Å². The zero-order valence-electron chi connectivity index (χ0n) is 14.9. The van der Waals surface area contributed by atoms with E-state index in [2.05, 4.69) is 10.4 Å². The lowest BCUT2D eigenvalue weighted by Gasteiger charge is -2.17. The van der Waals surface area contributed by atoms with Crippen LogP contribution in [-0.2, 0) is 17.8 Å². The maximum Gasteiger partial charge on any atom is 0.266 e. The van der Waals surface area contributed by atoms with Crippen molar-refractivity contribution in [3.8, 4) is 16.3 Å². The summed E-state index contributed by atoms with van der Waals surface area (Å²) in [6.45, 7) is 2.75. The van der Waals surface area contributed by atoms with Gasteiger partial charge in [0.05, 0.1) is 11.4 Å². The van der Waals surface area contributed by atoms with Crippen LogP contribution < -0.4 is 15.6 Å². The molecule has 1 aliphatic rings. The van der Waals surface area contributed by atoms with E-state index >= 15 is 0 Å². The van der Waals surface area contributed by atoms with E-state index in [9.17, 15) is 9.59 Å². The largest absolute Gasteiger partial charge is 0.492 e. The number of aryl methyl sites for hydroxylation is 2. The third-order valence-corrected chi connectivity index (χ3v) is 5.43. The van der Waals surface area contributed by atoms with E-state index in [0.717, 1.165) is 27.6 Å². The summed E-state index contributed by atoms with van der Waals surface area (Å²) >= 11 is 1.65. The third-order valence-electron chi connectivity index (χ3n) is 4.40. The van der Waals surface area contributed by atoms with Crippen molar-refractivity contribution in [2.24, 2.45) is 0 Å². The second kappa shape index (κ2) is 7.36. The zero-order chi connectivity index (χ0) is 18.8. The maximum atomic E-state index is 12.1. The van der Waals surface area contributed by atoms with E-state index in [1.165, 1.54) is 9.56 Å². The molecule has 0 atom stereocenters. The predicted octanol–water partition coefficient (Wildman–Crippen LogP) is 3.24. The van der Waals surface area contributed by atoms with Crippen LogP contribution in [-0.4, -0.2) is 22.3 Å². The van der Waals surface area contributed by atoms with Crippen molar-refractivity contribution in [1.82, 2.24) is 9.78 Å². The van der Waals surface area contributed by atoms with Gasteiger partial charge in [-0.15, -0.1) is 11.3 Å². The molecule has 7 heteroatoms. The highest BCUT2D eigenvalue weighted by molar-refractivity contribution is 7.15. The van der Waals surface area contributed by atoms with Gasteiger partial charge < -0.3 is 10.1 Å². The van der Waals surface area contributed by atoms with Crippen molar-refractivity contribution < 1.29 is 9.53 Å². The molecule has 0 saturated carbocycles. The standard InChI is InChI=1S/C20H19N3O3S/c1-13-2-7-18(27-13)17-6-9-20(25)23(22-17)10-11-26-15-4-5-16-14(12-15)3-8-19(24)21-16/h2,4-7,9,12H,3,8,10-11H2,1H3,(H,21,24). The van der Waals surface area contributed by atoms with Gasteiger partial charge in [-0.25, -0.2) is 4.68 Å². The second-order valence-corrected chi connectivity index (χ2v) is 7.69. The van der Waals surface area contributed by atoms with Crippen molar-refractivity contribution in [3.63, 3.8) is 0 Å². The molecule has 6 nitrogen and oxygen atoms in total. The van der Waals surface area contributed by atoms with Gasteiger partial charge in [0, 0.05) is 23.1 Å². The fourth-order valence-electron chi connectivity index (χ4n) is 3.01. The van der Waals surface area contributed by atoms with Gasteiger partial charge in [0.1, 0.15) is 18.1 Å². The molecule has 1 amide bonds. The van der Waals surface area contributed by atoms with Crippen molar-refractivity contribution in [2.45, 2.75) is 26.3 Å². The van der Waals surface area contributed by atoms with Crippen LogP contribution in [0, 0.1) is 6.92 Å². The second-order valence-electron chi connectivity index (χ2n) is 6.41. The molecule has 2 aromatic heterocycles. The monoisotopic (exact) mass is 381 g/mol. The van der Waals surface area contributed by atoms with Crippen molar-refractivity contribution in [2.75, 3.05) is 11.9 Å². The molecule has 0 fully saturated rings. The number of rotatable bonds is 5. The summed E-state index contributed by atoms with van der Waals surface area (Å²) in [5.74, 6) is 0.769. The number of nitrogens with zero attached hydrogens (tertiary/aromatic N) is 2. The summed E-state index contributed by atoms with van der Waals surface area (Å²) in [6, 6.07) is 13.0. The number of anilines is 1. The number of hydrogen-bond acceptors (Lipinski definition) is 5. The summed E-state index contributed by atoms with van der Waals surface area (Å²) < 4.78 is 7.23. The Morgan fingerprint density at radius 1 is 1.15 bits per heavy atom. The molecule has 138 valence electrons. The lowest BCUT2D eigenvalue weighted by atomic mass is 10.0. The summed E-state index contributed by atoms with van der Waals surface area (Å²) in [6.07, 6.45) is 1.20. The number of nitrogens with one attached hydrogen (secondary N) is 1. The minimum atomic E-state index is -0.149. The van der Waals surface area contributed by atoms with Gasteiger partial charge in [-0.05, 0) is 55.3 Å². The van der Waals surface area contributed by atoms with Crippen molar-refractivity contribution in [1.29, 1.82) is 0 Å². The Hall–Kier alpha value is -2.93. The van der Waals surface area contributed by atoms with Gasteiger partial charge >= 0.3 is 0 Å². The van der Waals surface area contributed by atoms with E-state index < -0.39 is 0 Å². The Bertz CT molecular complexity index is 1050. The summed E-state index contributed by atoms with van der Waals surface area (Å²) in [5.41, 5.74) is 2.55. The van der Waals surface area contributed by atoms with Gasteiger partial charge in [0.25, 0.3) is 5.56 Å². The van der Waals surface area contributed by atoms with Crippen LogP contribution in [0.5, 0.6) is 5.75 Å². The first kappa shape index (κ1) is 17.5. The Kier molecular flexibility index (Phi) is 4.77. The molecule has 0 bridgehead atoms. The first-order valence-electron chi connectivity index (χ1n) is 8.79. The van der Waals surface area contributed by atoms with Crippen LogP contribution >= 0.6 is 11.3 Å². The lowest BCUT2D eigenvalue weighted by Crippen LogP contribution is -2.25. The number of fused-ring (bicyclic) bond motifs is 1. The highest BCUT2D eigenvalue weighted by Gasteiger charge is 2.15. The Labute approximate surface area is 160 Å². The van der Waals surface area contributed by atoms with Crippen LogP contribution in [0.3, 0.4) is 0 Å². The van der Waals surface area contributed by atoms with E-state index in [0.29, 0.717) is 26.0 Å². The molecule has 0 radical (unpaired) electrons. The van der Waals surface area contributed by atoms with Crippen LogP contribution in [0.4, 0.5) is 5.69 Å². The van der Waals surface area contributed by atoms with E-state index in [1.54, 1.807) is 23.5 Å². The van der Waals surface area contributed by atoms with Crippen molar-refractivity contribution in [3.05, 3.63) is 63.3 Å². The molecule has 3 aromatic rings. The predicted molar refractivity (Wildman–Crippen MR) is 105 cm³/mol. The van der Waals surface area contributed by atoms with E-state index in [1.807, 2.05) is 37.3 Å². The third kappa shape index (κ3) is 3.93. The topological polar surface area (TPSA) is 73.2 Å². The number of thiophene rings is 1. The number of aromatic nitrogens is 2. The molecule has 1 aromatic carbocycles. The minimum Gasteiger partial charge on any atom is -0.492 e. The number of carbonyl (C=O) groups is 1. The molecule has 1 aliphatic heterocycles. The van der Waals surface area contributed by atoms with Crippen LogP contribution in [0.2, 0.25) is 0 Å². The van der Waals surface area contributed by atoms with E-state index in [4.69, 9.17) is 4.74 Å². The fraction of sp³-hybridized carbons (Fsp3) is 0.250. The quantitative estimate of drug-likeness (QED) is 0.736. The van der Waals surface area contributed by atoms with Gasteiger partial charge in [-0.1, -0.05) is 0 Å². The number of carbonyl (C=O) groups excluding carboxylic acids is 1. The molecule has 27 heavy (non-hydrogen) atoms. The number of ether oxygens (including phenoxy) is 1. The van der Waals surface area contributed by atoms with E-state index in [-0.39, 0.29) is 11.5 Å². The smallest absolute Gasteiger partial charge is 0.266 e. The summed E-state index contributed by atoms with van der Waals surface area (Å²) in [7, 11) is 0. The van der Waals surface area contributed by atoms with Gasteiger partial charge in [-0.3, -0.25) is 9.59 Å². The van der Waals surface area contributed by atoms with Gasteiger partial charge in [-0.2, -0.15) is 5.10 Å². The van der Waals surface area contributed by atoms with Crippen LogP contribution in [0.15, 0.2) is 47.3 Å². The molecule has 0 unspecified atom stereocenters. The SMILES string of the molecule is Cc1ccc(-c2ccc(=O)n(CCOc3ccc4c(c3)CCC(=O)N4)n2)s1. The molecule has 1 N–H and O–H groups in total. The number of benzene rings is 1. The number of hydrogen-bond donors (Lipinski definition) is 1.